The number of carbonyl (C=O) groups excluding carboxylic acids is 1. The molecule has 0 aliphatic carbocycles. The Morgan fingerprint density at radius 2 is 1.81 bits per heavy atom. The van der Waals surface area contributed by atoms with Crippen LogP contribution in [0, 0.1) is 12.7 Å². The SMILES string of the molecule is Cc1ccccc1CN(Cc1cccnc1)C(=O)CCc1ncc(-c2ccc(F)cc2)o1. The summed E-state index contributed by atoms with van der Waals surface area (Å²) in [5.74, 6) is 0.745. The second-order valence-electron chi connectivity index (χ2n) is 7.66. The summed E-state index contributed by atoms with van der Waals surface area (Å²) in [6.07, 6.45) is 5.76. The van der Waals surface area contributed by atoms with Gasteiger partial charge in [0.2, 0.25) is 5.91 Å². The van der Waals surface area contributed by atoms with Crippen molar-refractivity contribution in [2.75, 3.05) is 0 Å². The minimum atomic E-state index is -0.304. The largest absolute Gasteiger partial charge is 0.441 e. The average molecular weight is 429 g/mol. The van der Waals surface area contributed by atoms with Gasteiger partial charge in [0, 0.05) is 43.9 Å². The zero-order chi connectivity index (χ0) is 22.3. The van der Waals surface area contributed by atoms with Crippen LogP contribution in [0.15, 0.2) is 83.7 Å². The molecule has 0 radical (unpaired) electrons. The van der Waals surface area contributed by atoms with Crippen LogP contribution in [0.5, 0.6) is 0 Å². The van der Waals surface area contributed by atoms with Gasteiger partial charge in [0.15, 0.2) is 11.7 Å². The summed E-state index contributed by atoms with van der Waals surface area (Å²) in [7, 11) is 0. The normalized spacial score (nSPS) is 10.8. The molecule has 5 nitrogen and oxygen atoms in total. The standard InChI is InChI=1S/C26H24FN3O2/c1-19-5-2-3-7-22(19)18-30(17-20-6-4-14-28-15-20)26(31)13-12-25-29-16-24(32-25)21-8-10-23(27)11-9-21/h2-11,14-16H,12-13,17-18H2,1H3. The van der Waals surface area contributed by atoms with E-state index in [1.165, 1.54) is 12.1 Å². The van der Waals surface area contributed by atoms with Gasteiger partial charge in [-0.1, -0.05) is 30.3 Å². The summed E-state index contributed by atoms with van der Waals surface area (Å²) in [5, 5.41) is 0. The number of oxazole rings is 1. The molecule has 0 bridgehead atoms. The van der Waals surface area contributed by atoms with Crippen LogP contribution < -0.4 is 0 Å². The summed E-state index contributed by atoms with van der Waals surface area (Å²) < 4.78 is 18.9. The Bertz CT molecular complexity index is 1170. The molecule has 6 heteroatoms. The second kappa shape index (κ2) is 10.0. The topological polar surface area (TPSA) is 59.2 Å². The van der Waals surface area contributed by atoms with Gasteiger partial charge >= 0.3 is 0 Å². The summed E-state index contributed by atoms with van der Waals surface area (Å²) in [6, 6.07) is 17.9. The first-order valence-electron chi connectivity index (χ1n) is 10.5. The van der Waals surface area contributed by atoms with Gasteiger partial charge in [0.1, 0.15) is 5.82 Å². The number of hydrogen-bond acceptors (Lipinski definition) is 4. The molecule has 0 unspecified atom stereocenters. The van der Waals surface area contributed by atoms with E-state index in [1.807, 2.05) is 48.2 Å². The molecule has 0 saturated carbocycles. The van der Waals surface area contributed by atoms with Gasteiger partial charge in [-0.3, -0.25) is 9.78 Å². The lowest BCUT2D eigenvalue weighted by Gasteiger charge is -2.23. The molecule has 32 heavy (non-hydrogen) atoms. The van der Waals surface area contributed by atoms with Crippen LogP contribution in [0.2, 0.25) is 0 Å². The van der Waals surface area contributed by atoms with Gasteiger partial charge in [-0.05, 0) is 53.9 Å². The smallest absolute Gasteiger partial charge is 0.223 e. The van der Waals surface area contributed by atoms with E-state index in [0.29, 0.717) is 31.2 Å². The van der Waals surface area contributed by atoms with Crippen molar-refractivity contribution in [1.29, 1.82) is 0 Å². The molecule has 0 saturated heterocycles. The molecule has 4 aromatic rings. The van der Waals surface area contributed by atoms with Gasteiger partial charge in [0.25, 0.3) is 0 Å². The minimum Gasteiger partial charge on any atom is -0.441 e. The molecule has 2 aromatic carbocycles. The van der Waals surface area contributed by atoms with Crippen molar-refractivity contribution < 1.29 is 13.6 Å². The molecule has 0 N–H and O–H groups in total. The van der Waals surface area contributed by atoms with E-state index in [1.54, 1.807) is 30.7 Å². The number of aromatic nitrogens is 2. The van der Waals surface area contributed by atoms with Crippen molar-refractivity contribution in [3.05, 3.63) is 108 Å². The first-order chi connectivity index (χ1) is 15.6. The van der Waals surface area contributed by atoms with Crippen LogP contribution in [0.1, 0.15) is 29.0 Å². The lowest BCUT2D eigenvalue weighted by molar-refractivity contribution is -0.132. The maximum Gasteiger partial charge on any atom is 0.223 e. The molecular weight excluding hydrogens is 405 g/mol. The van der Waals surface area contributed by atoms with Crippen LogP contribution in [-0.4, -0.2) is 20.8 Å². The number of amides is 1. The Morgan fingerprint density at radius 3 is 2.56 bits per heavy atom. The summed E-state index contributed by atoms with van der Waals surface area (Å²) in [6.45, 7) is 3.05. The van der Waals surface area contributed by atoms with E-state index in [9.17, 15) is 9.18 Å². The zero-order valence-electron chi connectivity index (χ0n) is 17.9. The highest BCUT2D eigenvalue weighted by atomic mass is 19.1. The molecule has 162 valence electrons. The molecule has 1 amide bonds. The molecule has 0 aliphatic heterocycles. The summed E-state index contributed by atoms with van der Waals surface area (Å²) in [4.78, 5) is 23.4. The lowest BCUT2D eigenvalue weighted by Crippen LogP contribution is -2.30. The third-order valence-corrected chi connectivity index (χ3v) is 5.31. The molecular formula is C26H24FN3O2. The summed E-state index contributed by atoms with van der Waals surface area (Å²) in [5.41, 5.74) is 3.98. The Hall–Kier alpha value is -3.80. The third kappa shape index (κ3) is 5.46. The Kier molecular flexibility index (Phi) is 6.70. The predicted molar refractivity (Wildman–Crippen MR) is 120 cm³/mol. The van der Waals surface area contributed by atoms with Crippen LogP contribution in [0.3, 0.4) is 0 Å². The van der Waals surface area contributed by atoms with Gasteiger partial charge in [0.05, 0.1) is 6.20 Å². The molecule has 0 fully saturated rings. The summed E-state index contributed by atoms with van der Waals surface area (Å²) >= 11 is 0. The van der Waals surface area contributed by atoms with Crippen molar-refractivity contribution in [2.24, 2.45) is 0 Å². The molecule has 0 atom stereocenters. The van der Waals surface area contributed by atoms with E-state index in [4.69, 9.17) is 4.42 Å². The molecule has 0 spiro atoms. The van der Waals surface area contributed by atoms with Gasteiger partial charge in [-0.2, -0.15) is 0 Å². The highest BCUT2D eigenvalue weighted by molar-refractivity contribution is 5.76. The van der Waals surface area contributed by atoms with Crippen LogP contribution in [0.25, 0.3) is 11.3 Å². The number of aryl methyl sites for hydroxylation is 2. The number of pyridine rings is 1. The van der Waals surface area contributed by atoms with Crippen LogP contribution in [-0.2, 0) is 24.3 Å². The van der Waals surface area contributed by atoms with E-state index in [0.717, 1.165) is 22.3 Å². The Labute approximate surface area is 186 Å². The fourth-order valence-corrected chi connectivity index (χ4v) is 3.48. The monoisotopic (exact) mass is 429 g/mol. The van der Waals surface area contributed by atoms with E-state index >= 15 is 0 Å². The number of nitrogens with zero attached hydrogens (tertiary/aromatic N) is 3. The third-order valence-electron chi connectivity index (χ3n) is 5.31. The van der Waals surface area contributed by atoms with Gasteiger partial charge in [-0.15, -0.1) is 0 Å². The molecule has 0 aliphatic rings. The van der Waals surface area contributed by atoms with Crippen molar-refractivity contribution >= 4 is 5.91 Å². The number of rotatable bonds is 8. The van der Waals surface area contributed by atoms with Gasteiger partial charge < -0.3 is 9.32 Å². The maximum atomic E-state index is 13.1. The van der Waals surface area contributed by atoms with Crippen LogP contribution >= 0.6 is 0 Å². The Balaban J connectivity index is 1.45. The fourth-order valence-electron chi connectivity index (χ4n) is 3.48. The quantitative estimate of drug-likeness (QED) is 0.379. The Morgan fingerprint density at radius 1 is 1.00 bits per heavy atom. The fraction of sp³-hybridized carbons (Fsp3) is 0.192. The second-order valence-corrected chi connectivity index (χ2v) is 7.66. The van der Waals surface area contributed by atoms with Crippen LogP contribution in [0.4, 0.5) is 4.39 Å². The number of carbonyl (C=O) groups is 1. The van der Waals surface area contributed by atoms with Gasteiger partial charge in [-0.25, -0.2) is 9.37 Å². The first kappa shape index (κ1) is 21.4. The molecule has 4 rings (SSSR count). The minimum absolute atomic E-state index is 0.0126. The van der Waals surface area contributed by atoms with Crippen molar-refractivity contribution in [3.63, 3.8) is 0 Å². The van der Waals surface area contributed by atoms with Crippen molar-refractivity contribution in [1.82, 2.24) is 14.9 Å². The maximum absolute atomic E-state index is 13.1. The molecule has 2 aromatic heterocycles. The predicted octanol–water partition coefficient (Wildman–Crippen LogP) is 5.35. The molecule has 2 heterocycles. The average Bonchev–Trinajstić information content (AvgIpc) is 3.29. The van der Waals surface area contributed by atoms with E-state index in [2.05, 4.69) is 9.97 Å². The van der Waals surface area contributed by atoms with E-state index < -0.39 is 0 Å². The highest BCUT2D eigenvalue weighted by Gasteiger charge is 2.17. The van der Waals surface area contributed by atoms with E-state index in [-0.39, 0.29) is 18.1 Å². The zero-order valence-corrected chi connectivity index (χ0v) is 17.9. The lowest BCUT2D eigenvalue weighted by atomic mass is 10.1. The van der Waals surface area contributed by atoms with Crippen molar-refractivity contribution in [3.8, 4) is 11.3 Å². The highest BCUT2D eigenvalue weighted by Crippen LogP contribution is 2.22. The van der Waals surface area contributed by atoms with Crippen molar-refractivity contribution in [2.45, 2.75) is 32.9 Å². The number of halogens is 1. The number of benzene rings is 2. The number of hydrogen-bond donors (Lipinski definition) is 0. The first-order valence-corrected chi connectivity index (χ1v) is 10.5.